The van der Waals surface area contributed by atoms with E-state index in [9.17, 15) is 9.59 Å². The van der Waals surface area contributed by atoms with Crippen molar-refractivity contribution in [2.45, 2.75) is 38.3 Å². The summed E-state index contributed by atoms with van der Waals surface area (Å²) in [4.78, 5) is 32.8. The molecular formula is C17H17N3O2S. The predicted molar refractivity (Wildman–Crippen MR) is 88.4 cm³/mol. The zero-order valence-corrected chi connectivity index (χ0v) is 13.6. The number of urea groups is 1. The topological polar surface area (TPSA) is 53.5 Å². The summed E-state index contributed by atoms with van der Waals surface area (Å²) in [6.45, 7) is 2.24. The maximum absolute atomic E-state index is 12.8. The molecule has 5 nitrogen and oxygen atoms in total. The molecule has 0 unspecified atom stereocenters. The summed E-state index contributed by atoms with van der Waals surface area (Å²) in [6.07, 6.45) is 2.19. The molecule has 1 aliphatic carbocycles. The van der Waals surface area contributed by atoms with Crippen molar-refractivity contribution in [1.82, 2.24) is 9.88 Å². The highest BCUT2D eigenvalue weighted by Crippen LogP contribution is 2.46. The lowest BCUT2D eigenvalue weighted by Crippen LogP contribution is -2.33. The summed E-state index contributed by atoms with van der Waals surface area (Å²) >= 11 is 1.38. The third-order valence-electron chi connectivity index (χ3n) is 4.42. The van der Waals surface area contributed by atoms with Gasteiger partial charge in [0.1, 0.15) is 11.0 Å². The van der Waals surface area contributed by atoms with Crippen LogP contribution in [0.4, 0.5) is 9.80 Å². The number of benzene rings is 1. The SMILES string of the molecule is C[C@H]1C(=O)N(c2scnc2C2CC2)C(=O)N1Cc1ccccc1. The molecule has 0 bridgehead atoms. The number of carbonyl (C=O) groups is 2. The van der Waals surface area contributed by atoms with Crippen LogP contribution in [-0.4, -0.2) is 27.9 Å². The van der Waals surface area contributed by atoms with E-state index in [1.54, 1.807) is 17.3 Å². The fraction of sp³-hybridized carbons (Fsp3) is 0.353. The van der Waals surface area contributed by atoms with E-state index in [2.05, 4.69) is 4.98 Å². The maximum atomic E-state index is 12.8. The van der Waals surface area contributed by atoms with Gasteiger partial charge in [0.2, 0.25) is 0 Å². The Kier molecular flexibility index (Phi) is 3.41. The van der Waals surface area contributed by atoms with Gasteiger partial charge in [-0.3, -0.25) is 4.79 Å². The molecule has 2 aromatic rings. The second-order valence-electron chi connectivity index (χ2n) is 6.06. The molecule has 6 heteroatoms. The summed E-state index contributed by atoms with van der Waals surface area (Å²) in [5.74, 6) is 0.257. The molecule has 4 rings (SSSR count). The van der Waals surface area contributed by atoms with E-state index in [-0.39, 0.29) is 11.9 Å². The van der Waals surface area contributed by atoms with Crippen molar-refractivity contribution in [3.63, 3.8) is 0 Å². The number of anilines is 1. The number of imide groups is 1. The highest BCUT2D eigenvalue weighted by Gasteiger charge is 2.46. The van der Waals surface area contributed by atoms with E-state index in [4.69, 9.17) is 0 Å². The highest BCUT2D eigenvalue weighted by molar-refractivity contribution is 7.14. The lowest BCUT2D eigenvalue weighted by molar-refractivity contribution is -0.119. The molecule has 1 aromatic heterocycles. The van der Waals surface area contributed by atoms with Crippen LogP contribution in [0, 0.1) is 0 Å². The molecule has 1 aliphatic heterocycles. The number of amides is 3. The van der Waals surface area contributed by atoms with Gasteiger partial charge in [0.15, 0.2) is 0 Å². The minimum Gasteiger partial charge on any atom is -0.308 e. The summed E-state index contributed by atoms with van der Waals surface area (Å²) < 4.78 is 0. The van der Waals surface area contributed by atoms with Gasteiger partial charge in [-0.05, 0) is 25.3 Å². The van der Waals surface area contributed by atoms with Crippen LogP contribution in [0.25, 0.3) is 0 Å². The van der Waals surface area contributed by atoms with Crippen molar-refractivity contribution >= 4 is 28.3 Å². The number of nitrogens with zero attached hydrogens (tertiary/aromatic N) is 3. The van der Waals surface area contributed by atoms with Crippen LogP contribution in [0.2, 0.25) is 0 Å². The first-order valence-corrected chi connectivity index (χ1v) is 8.66. The van der Waals surface area contributed by atoms with E-state index in [1.165, 1.54) is 16.2 Å². The second kappa shape index (κ2) is 5.45. The number of hydrogen-bond donors (Lipinski definition) is 0. The number of rotatable bonds is 4. The molecule has 1 saturated heterocycles. The number of carbonyl (C=O) groups excluding carboxylic acids is 2. The van der Waals surface area contributed by atoms with Gasteiger partial charge in [-0.2, -0.15) is 0 Å². The molecule has 2 fully saturated rings. The van der Waals surface area contributed by atoms with Crippen LogP contribution < -0.4 is 4.90 Å². The van der Waals surface area contributed by atoms with Gasteiger partial charge < -0.3 is 4.90 Å². The fourth-order valence-electron chi connectivity index (χ4n) is 2.93. The maximum Gasteiger partial charge on any atom is 0.333 e. The van der Waals surface area contributed by atoms with E-state index in [0.717, 1.165) is 24.1 Å². The smallest absolute Gasteiger partial charge is 0.308 e. The van der Waals surface area contributed by atoms with E-state index < -0.39 is 6.04 Å². The lowest BCUT2D eigenvalue weighted by Gasteiger charge is -2.19. The van der Waals surface area contributed by atoms with Crippen molar-refractivity contribution in [2.75, 3.05) is 4.90 Å². The Morgan fingerprint density at radius 2 is 1.96 bits per heavy atom. The third kappa shape index (κ3) is 2.43. The monoisotopic (exact) mass is 327 g/mol. The van der Waals surface area contributed by atoms with Crippen LogP contribution in [0.5, 0.6) is 0 Å². The molecule has 0 radical (unpaired) electrons. The van der Waals surface area contributed by atoms with Crippen molar-refractivity contribution in [3.05, 3.63) is 47.1 Å². The molecule has 23 heavy (non-hydrogen) atoms. The molecule has 0 spiro atoms. The molecule has 2 heterocycles. The molecule has 1 atom stereocenters. The predicted octanol–water partition coefficient (Wildman–Crippen LogP) is 3.38. The van der Waals surface area contributed by atoms with Gasteiger partial charge in [0.25, 0.3) is 5.91 Å². The van der Waals surface area contributed by atoms with Crippen molar-refractivity contribution in [2.24, 2.45) is 0 Å². The first kappa shape index (κ1) is 14.4. The van der Waals surface area contributed by atoms with Gasteiger partial charge in [0.05, 0.1) is 11.2 Å². The Bertz CT molecular complexity index is 754. The number of hydrogen-bond acceptors (Lipinski definition) is 4. The summed E-state index contributed by atoms with van der Waals surface area (Å²) in [7, 11) is 0. The summed E-state index contributed by atoms with van der Waals surface area (Å²) in [6, 6.07) is 9.07. The van der Waals surface area contributed by atoms with E-state index in [1.807, 2.05) is 30.3 Å². The first-order chi connectivity index (χ1) is 11.2. The number of thiazole rings is 1. The zero-order valence-electron chi connectivity index (χ0n) is 12.8. The van der Waals surface area contributed by atoms with Crippen molar-refractivity contribution < 1.29 is 9.59 Å². The van der Waals surface area contributed by atoms with E-state index in [0.29, 0.717) is 17.5 Å². The fourth-order valence-corrected chi connectivity index (χ4v) is 3.81. The van der Waals surface area contributed by atoms with Crippen molar-refractivity contribution in [1.29, 1.82) is 0 Å². The molecule has 118 valence electrons. The zero-order chi connectivity index (χ0) is 16.0. The second-order valence-corrected chi connectivity index (χ2v) is 6.90. The van der Waals surface area contributed by atoms with Gasteiger partial charge in [-0.1, -0.05) is 30.3 Å². The Balaban J connectivity index is 1.63. The molecule has 2 aliphatic rings. The first-order valence-electron chi connectivity index (χ1n) is 7.78. The normalized spacial score (nSPS) is 21.3. The molecule has 3 amide bonds. The third-order valence-corrected chi connectivity index (χ3v) is 5.25. The minimum absolute atomic E-state index is 0.155. The molecule has 1 aromatic carbocycles. The molecular weight excluding hydrogens is 310 g/mol. The Morgan fingerprint density at radius 1 is 1.22 bits per heavy atom. The largest absolute Gasteiger partial charge is 0.333 e. The van der Waals surface area contributed by atoms with Gasteiger partial charge in [-0.15, -0.1) is 11.3 Å². The highest BCUT2D eigenvalue weighted by atomic mass is 32.1. The van der Waals surface area contributed by atoms with Crippen LogP contribution in [0.15, 0.2) is 35.8 Å². The van der Waals surface area contributed by atoms with E-state index >= 15 is 0 Å². The molecule has 1 saturated carbocycles. The van der Waals surface area contributed by atoms with Crippen LogP contribution in [0.3, 0.4) is 0 Å². The Morgan fingerprint density at radius 3 is 2.65 bits per heavy atom. The van der Waals surface area contributed by atoms with Gasteiger partial charge in [0, 0.05) is 12.5 Å². The summed E-state index contributed by atoms with van der Waals surface area (Å²) in [5.41, 5.74) is 3.66. The van der Waals surface area contributed by atoms with Crippen LogP contribution in [0.1, 0.15) is 36.9 Å². The number of aromatic nitrogens is 1. The Labute approximate surface area is 138 Å². The Hall–Kier alpha value is -2.21. The quantitative estimate of drug-likeness (QED) is 0.809. The molecule has 0 N–H and O–H groups in total. The van der Waals surface area contributed by atoms with Crippen LogP contribution in [-0.2, 0) is 11.3 Å². The van der Waals surface area contributed by atoms with Gasteiger partial charge >= 0.3 is 6.03 Å². The van der Waals surface area contributed by atoms with Crippen molar-refractivity contribution in [3.8, 4) is 0 Å². The summed E-state index contributed by atoms with van der Waals surface area (Å²) in [5, 5.41) is 0.713. The average molecular weight is 327 g/mol. The standard InChI is InChI=1S/C17H17N3O2S/c1-11-15(21)20(16-14(13-7-8-13)18-10-23-16)17(22)19(11)9-12-5-3-2-4-6-12/h2-6,10-11,13H,7-9H2,1H3/t11-/m0/s1. The van der Waals surface area contributed by atoms with Gasteiger partial charge in [-0.25, -0.2) is 14.7 Å². The average Bonchev–Trinajstić information content (AvgIpc) is 3.27. The minimum atomic E-state index is -0.447. The van der Waals surface area contributed by atoms with Crippen LogP contribution >= 0.6 is 11.3 Å². The lowest BCUT2D eigenvalue weighted by atomic mass is 10.2.